The topological polar surface area (TPSA) is 57.9 Å². The molecule has 2 atom stereocenters. The van der Waals surface area contributed by atoms with Crippen molar-refractivity contribution in [3.05, 3.63) is 28.7 Å². The van der Waals surface area contributed by atoms with Crippen LogP contribution in [0.2, 0.25) is 0 Å². The zero-order valence-corrected chi connectivity index (χ0v) is 12.2. The lowest BCUT2D eigenvalue weighted by Crippen LogP contribution is -2.32. The Morgan fingerprint density at radius 3 is 2.39 bits per heavy atom. The smallest absolute Gasteiger partial charge is 0.182 e. The minimum Gasteiger partial charge on any atom is -0.223 e. The Labute approximate surface area is 116 Å². The Balaban J connectivity index is 2.35. The Hall–Kier alpha value is -0.860. The summed E-state index contributed by atoms with van der Waals surface area (Å²) in [5.41, 5.74) is 0. The van der Waals surface area contributed by atoms with E-state index in [1.165, 1.54) is 0 Å². The predicted molar refractivity (Wildman–Crippen MR) is 72.7 cm³/mol. The van der Waals surface area contributed by atoms with Gasteiger partial charge in [0.05, 0.1) is 22.1 Å². The number of nitrogens with zero attached hydrogens (tertiary/aromatic N) is 1. The number of rotatable bonds is 2. The molecular formula is C13H14BrNO2S. The van der Waals surface area contributed by atoms with Gasteiger partial charge in [0.2, 0.25) is 0 Å². The molecule has 0 aromatic heterocycles. The van der Waals surface area contributed by atoms with E-state index in [9.17, 15) is 8.42 Å². The molecule has 18 heavy (non-hydrogen) atoms. The molecule has 1 aliphatic carbocycles. The molecule has 0 radical (unpaired) electrons. The molecule has 3 nitrogen and oxygen atoms in total. The van der Waals surface area contributed by atoms with E-state index in [0.717, 1.165) is 17.3 Å². The molecule has 0 saturated heterocycles. The first-order valence-corrected chi connectivity index (χ1v) is 8.28. The van der Waals surface area contributed by atoms with Crippen LogP contribution < -0.4 is 0 Å². The lowest BCUT2D eigenvalue weighted by Gasteiger charge is -2.26. The molecule has 2 unspecified atom stereocenters. The van der Waals surface area contributed by atoms with Gasteiger partial charge in [-0.05, 0) is 37.1 Å². The molecule has 1 aromatic carbocycles. The molecule has 0 heterocycles. The van der Waals surface area contributed by atoms with Gasteiger partial charge in [-0.3, -0.25) is 0 Å². The van der Waals surface area contributed by atoms with Gasteiger partial charge in [0.15, 0.2) is 9.84 Å². The highest BCUT2D eigenvalue weighted by Gasteiger charge is 2.36. The fourth-order valence-corrected chi connectivity index (χ4v) is 4.65. The molecule has 96 valence electrons. The maximum atomic E-state index is 12.5. The summed E-state index contributed by atoms with van der Waals surface area (Å²) >= 11 is 3.29. The van der Waals surface area contributed by atoms with E-state index in [4.69, 9.17) is 5.26 Å². The molecule has 1 fully saturated rings. The Morgan fingerprint density at radius 1 is 1.17 bits per heavy atom. The number of nitriles is 1. The van der Waals surface area contributed by atoms with Crippen molar-refractivity contribution in [2.75, 3.05) is 0 Å². The van der Waals surface area contributed by atoms with Crippen molar-refractivity contribution in [1.82, 2.24) is 0 Å². The third-order valence-electron chi connectivity index (χ3n) is 3.41. The molecule has 0 spiro atoms. The van der Waals surface area contributed by atoms with Gasteiger partial charge in [-0.15, -0.1) is 0 Å². The summed E-state index contributed by atoms with van der Waals surface area (Å²) in [6.07, 6.45) is 3.12. The summed E-state index contributed by atoms with van der Waals surface area (Å²) in [5, 5.41) is 8.55. The zero-order valence-electron chi connectivity index (χ0n) is 9.84. The van der Waals surface area contributed by atoms with Gasteiger partial charge in [-0.2, -0.15) is 5.26 Å². The maximum Gasteiger partial charge on any atom is 0.182 e. The molecule has 2 rings (SSSR count). The first-order valence-electron chi connectivity index (χ1n) is 5.95. The van der Waals surface area contributed by atoms with Gasteiger partial charge in [-0.25, -0.2) is 8.42 Å². The van der Waals surface area contributed by atoms with Crippen molar-refractivity contribution in [3.63, 3.8) is 0 Å². The number of hydrogen-bond acceptors (Lipinski definition) is 3. The summed E-state index contributed by atoms with van der Waals surface area (Å²) in [6, 6.07) is 8.79. The molecule has 1 aliphatic rings. The van der Waals surface area contributed by atoms with Gasteiger partial charge < -0.3 is 0 Å². The predicted octanol–water partition coefficient (Wildman–Crippen LogP) is 3.31. The van der Waals surface area contributed by atoms with Gasteiger partial charge >= 0.3 is 0 Å². The van der Waals surface area contributed by atoms with Gasteiger partial charge in [0, 0.05) is 4.47 Å². The van der Waals surface area contributed by atoms with Crippen molar-refractivity contribution in [3.8, 4) is 6.07 Å². The van der Waals surface area contributed by atoms with Gasteiger partial charge in [-0.1, -0.05) is 28.8 Å². The molecular weight excluding hydrogens is 314 g/mol. The second-order valence-electron chi connectivity index (χ2n) is 4.56. The van der Waals surface area contributed by atoms with Crippen LogP contribution in [0.25, 0.3) is 0 Å². The summed E-state index contributed by atoms with van der Waals surface area (Å²) in [7, 11) is -3.38. The van der Waals surface area contributed by atoms with Crippen molar-refractivity contribution in [2.45, 2.75) is 35.8 Å². The van der Waals surface area contributed by atoms with E-state index in [1.54, 1.807) is 24.3 Å². The highest BCUT2D eigenvalue weighted by atomic mass is 79.9. The van der Waals surface area contributed by atoms with Crippen LogP contribution in [0.15, 0.2) is 33.6 Å². The first kappa shape index (κ1) is 13.6. The average Bonchev–Trinajstić information content (AvgIpc) is 2.39. The largest absolute Gasteiger partial charge is 0.223 e. The van der Waals surface area contributed by atoms with Crippen LogP contribution in [-0.4, -0.2) is 13.7 Å². The second-order valence-corrected chi connectivity index (χ2v) is 7.64. The molecule has 1 aromatic rings. The molecule has 0 amide bonds. The van der Waals surface area contributed by atoms with E-state index in [1.807, 2.05) is 0 Å². The van der Waals surface area contributed by atoms with Crippen LogP contribution in [-0.2, 0) is 9.84 Å². The SMILES string of the molecule is N#CC1CCCCC1S(=O)(=O)c1ccc(Br)cc1. The normalized spacial score (nSPS) is 24.4. The number of sulfone groups is 1. The van der Waals surface area contributed by atoms with E-state index >= 15 is 0 Å². The third kappa shape index (κ3) is 2.60. The minimum absolute atomic E-state index is 0.317. The van der Waals surface area contributed by atoms with Crippen molar-refractivity contribution < 1.29 is 8.42 Å². The van der Waals surface area contributed by atoms with E-state index in [0.29, 0.717) is 17.7 Å². The Kier molecular flexibility index (Phi) is 4.08. The molecule has 0 aliphatic heterocycles. The lowest BCUT2D eigenvalue weighted by atomic mass is 9.90. The number of benzene rings is 1. The zero-order chi connectivity index (χ0) is 13.2. The van der Waals surface area contributed by atoms with Crippen LogP contribution in [0.3, 0.4) is 0 Å². The highest BCUT2D eigenvalue weighted by molar-refractivity contribution is 9.10. The monoisotopic (exact) mass is 327 g/mol. The number of halogens is 1. The molecule has 5 heteroatoms. The van der Waals surface area contributed by atoms with Crippen LogP contribution >= 0.6 is 15.9 Å². The quantitative estimate of drug-likeness (QED) is 0.837. The van der Waals surface area contributed by atoms with Gasteiger partial charge in [0.25, 0.3) is 0 Å². The second kappa shape index (κ2) is 5.41. The summed E-state index contributed by atoms with van der Waals surface area (Å²) in [4.78, 5) is 0.317. The van der Waals surface area contributed by atoms with E-state index < -0.39 is 15.1 Å². The van der Waals surface area contributed by atoms with Crippen LogP contribution in [0.1, 0.15) is 25.7 Å². The lowest BCUT2D eigenvalue weighted by molar-refractivity contribution is 0.418. The Bertz CT molecular complexity index is 560. The fourth-order valence-electron chi connectivity index (χ4n) is 2.42. The summed E-state index contributed by atoms with van der Waals surface area (Å²) < 4.78 is 25.9. The first-order chi connectivity index (χ1) is 8.55. The minimum atomic E-state index is -3.38. The maximum absolute atomic E-state index is 12.5. The number of hydrogen-bond donors (Lipinski definition) is 0. The average molecular weight is 328 g/mol. The Morgan fingerprint density at radius 2 is 1.78 bits per heavy atom. The third-order valence-corrected chi connectivity index (χ3v) is 6.23. The summed E-state index contributed by atoms with van der Waals surface area (Å²) in [5.74, 6) is -0.368. The molecule has 1 saturated carbocycles. The molecule has 0 bridgehead atoms. The fraction of sp³-hybridized carbons (Fsp3) is 0.462. The summed E-state index contributed by atoms with van der Waals surface area (Å²) in [6.45, 7) is 0. The standard InChI is InChI=1S/C13H14BrNO2S/c14-11-5-7-12(8-6-11)18(16,17)13-4-2-1-3-10(13)9-15/h5-8,10,13H,1-4H2. The molecule has 0 N–H and O–H groups in total. The van der Waals surface area contributed by atoms with E-state index in [2.05, 4.69) is 22.0 Å². The van der Waals surface area contributed by atoms with Crippen molar-refractivity contribution >= 4 is 25.8 Å². The van der Waals surface area contributed by atoms with Crippen LogP contribution in [0.4, 0.5) is 0 Å². The van der Waals surface area contributed by atoms with Gasteiger partial charge in [0.1, 0.15) is 0 Å². The van der Waals surface area contributed by atoms with Crippen molar-refractivity contribution in [2.24, 2.45) is 5.92 Å². The van der Waals surface area contributed by atoms with Crippen molar-refractivity contribution in [1.29, 1.82) is 5.26 Å². The van der Waals surface area contributed by atoms with E-state index in [-0.39, 0.29) is 5.92 Å². The highest BCUT2D eigenvalue weighted by Crippen LogP contribution is 2.33. The van der Waals surface area contributed by atoms with Crippen LogP contribution in [0, 0.1) is 17.2 Å². The van der Waals surface area contributed by atoms with Crippen LogP contribution in [0.5, 0.6) is 0 Å².